The molecule has 182 valence electrons. The lowest BCUT2D eigenvalue weighted by Gasteiger charge is -2.24. The van der Waals surface area contributed by atoms with Crippen molar-refractivity contribution in [2.24, 2.45) is 0 Å². The topological polar surface area (TPSA) is 92.5 Å². The van der Waals surface area contributed by atoms with Gasteiger partial charge in [0.1, 0.15) is 24.4 Å². The lowest BCUT2D eigenvalue weighted by atomic mass is 9.88. The molecule has 6 aromatic rings. The molecule has 0 unspecified atom stereocenters. The lowest BCUT2D eigenvalue weighted by molar-refractivity contribution is 0.296. The molecule has 0 fully saturated rings. The van der Waals surface area contributed by atoms with Crippen LogP contribution in [0.4, 0.5) is 0 Å². The van der Waals surface area contributed by atoms with Gasteiger partial charge in [-0.25, -0.2) is 19.2 Å². The maximum Gasteiger partial charge on any atom is 0.230 e. The van der Waals surface area contributed by atoms with E-state index in [1.165, 1.54) is 5.56 Å². The Labute approximate surface area is 211 Å². The van der Waals surface area contributed by atoms with Gasteiger partial charge in [0.15, 0.2) is 11.5 Å². The van der Waals surface area contributed by atoms with Crippen LogP contribution < -0.4 is 9.47 Å². The lowest BCUT2D eigenvalue weighted by Crippen LogP contribution is -2.15. The van der Waals surface area contributed by atoms with E-state index < -0.39 is 0 Å². The van der Waals surface area contributed by atoms with Crippen molar-refractivity contribution < 1.29 is 13.9 Å². The molecule has 9 heteroatoms. The van der Waals surface area contributed by atoms with E-state index in [2.05, 4.69) is 10.1 Å². The number of hydrogen-bond donors (Lipinski definition) is 0. The molecule has 1 aliphatic heterocycles. The van der Waals surface area contributed by atoms with Gasteiger partial charge >= 0.3 is 0 Å². The van der Waals surface area contributed by atoms with Crippen molar-refractivity contribution in [3.63, 3.8) is 0 Å². The van der Waals surface area contributed by atoms with Gasteiger partial charge in [0.25, 0.3) is 0 Å². The molecule has 0 saturated heterocycles. The maximum absolute atomic E-state index is 6.41. The largest absolute Gasteiger partial charge is 0.486 e. The van der Waals surface area contributed by atoms with Crippen LogP contribution in [0.2, 0.25) is 0 Å². The Balaban J connectivity index is 1.34. The number of nitrogens with zero attached hydrogens (tertiary/aromatic N) is 6. The second-order valence-corrected chi connectivity index (χ2v) is 8.96. The first-order valence-corrected chi connectivity index (χ1v) is 12.0. The van der Waals surface area contributed by atoms with Crippen molar-refractivity contribution in [2.45, 2.75) is 26.4 Å². The van der Waals surface area contributed by atoms with Gasteiger partial charge in [-0.3, -0.25) is 0 Å². The number of furan rings is 1. The van der Waals surface area contributed by atoms with Crippen LogP contribution in [0, 0.1) is 13.8 Å². The average molecular weight is 491 g/mol. The van der Waals surface area contributed by atoms with E-state index in [1.54, 1.807) is 21.8 Å². The third-order valence-corrected chi connectivity index (χ3v) is 6.48. The number of aromatic nitrogens is 6. The highest BCUT2D eigenvalue weighted by Crippen LogP contribution is 2.49. The van der Waals surface area contributed by atoms with Crippen molar-refractivity contribution in [3.8, 4) is 23.2 Å². The summed E-state index contributed by atoms with van der Waals surface area (Å²) in [4.78, 5) is 9.43. The molecular formula is C28H22N6O3. The molecule has 0 aliphatic carbocycles. The quantitative estimate of drug-likeness (QED) is 0.320. The minimum absolute atomic E-state index is 0.224. The Morgan fingerprint density at radius 3 is 2.54 bits per heavy atom. The molecular weight excluding hydrogens is 468 g/mol. The molecule has 4 aromatic heterocycles. The van der Waals surface area contributed by atoms with Crippen molar-refractivity contribution in [3.05, 3.63) is 113 Å². The average Bonchev–Trinajstić information content (AvgIpc) is 3.67. The number of ether oxygens (including phenoxy) is 2. The molecule has 0 saturated carbocycles. The number of aryl methyl sites for hydroxylation is 2. The third kappa shape index (κ3) is 3.55. The van der Waals surface area contributed by atoms with Gasteiger partial charge in [0.05, 0.1) is 34.7 Å². The Hall–Kier alpha value is -4.92. The minimum Gasteiger partial charge on any atom is -0.486 e. The molecule has 0 radical (unpaired) electrons. The first-order valence-electron chi connectivity index (χ1n) is 12.0. The smallest absolute Gasteiger partial charge is 0.230 e. The van der Waals surface area contributed by atoms with Gasteiger partial charge in [-0.2, -0.15) is 5.10 Å². The van der Waals surface area contributed by atoms with Crippen molar-refractivity contribution >= 4 is 5.65 Å². The molecule has 0 spiro atoms. The SMILES string of the molecule is Cc1ccc(OCc2nc3c4c(ncn3n2)Oc2c(c(C)nn2-c2ccccc2)[C@H]4c2ccco2)cc1. The number of para-hydroxylation sites is 1. The molecule has 7 rings (SSSR count). The molecule has 0 amide bonds. The van der Waals surface area contributed by atoms with Gasteiger partial charge in [-0.1, -0.05) is 35.9 Å². The van der Waals surface area contributed by atoms with E-state index in [-0.39, 0.29) is 12.5 Å². The van der Waals surface area contributed by atoms with Gasteiger partial charge in [-0.15, -0.1) is 5.10 Å². The van der Waals surface area contributed by atoms with Crippen LogP contribution in [0.1, 0.15) is 39.9 Å². The summed E-state index contributed by atoms with van der Waals surface area (Å²) < 4.78 is 21.7. The third-order valence-electron chi connectivity index (χ3n) is 6.48. The molecule has 5 heterocycles. The van der Waals surface area contributed by atoms with Crippen LogP contribution in [0.25, 0.3) is 11.3 Å². The summed E-state index contributed by atoms with van der Waals surface area (Å²) in [6.07, 6.45) is 3.27. The fourth-order valence-corrected chi connectivity index (χ4v) is 4.75. The fraction of sp³-hybridized carbons (Fsp3) is 0.143. The van der Waals surface area contributed by atoms with Crippen LogP contribution in [0.3, 0.4) is 0 Å². The predicted octanol–water partition coefficient (Wildman–Crippen LogP) is 5.38. The van der Waals surface area contributed by atoms with E-state index in [9.17, 15) is 0 Å². The highest BCUT2D eigenvalue weighted by atomic mass is 16.5. The Morgan fingerprint density at radius 1 is 0.919 bits per heavy atom. The number of benzene rings is 2. The molecule has 1 atom stereocenters. The van der Waals surface area contributed by atoms with Crippen molar-refractivity contribution in [2.75, 3.05) is 0 Å². The molecule has 0 N–H and O–H groups in total. The first-order chi connectivity index (χ1) is 18.2. The zero-order valence-electron chi connectivity index (χ0n) is 20.2. The fourth-order valence-electron chi connectivity index (χ4n) is 4.75. The van der Waals surface area contributed by atoms with Crippen molar-refractivity contribution in [1.29, 1.82) is 0 Å². The highest BCUT2D eigenvalue weighted by molar-refractivity contribution is 5.65. The van der Waals surface area contributed by atoms with Crippen molar-refractivity contribution in [1.82, 2.24) is 29.4 Å². The van der Waals surface area contributed by atoms with E-state index >= 15 is 0 Å². The second kappa shape index (κ2) is 8.34. The summed E-state index contributed by atoms with van der Waals surface area (Å²) in [5.74, 6) is 2.77. The van der Waals surface area contributed by atoms with Gasteiger partial charge in [-0.05, 0) is 50.2 Å². The monoisotopic (exact) mass is 490 g/mol. The zero-order chi connectivity index (χ0) is 24.9. The number of fused-ring (bicyclic) bond motifs is 4. The zero-order valence-corrected chi connectivity index (χ0v) is 20.2. The Kier molecular flexibility index (Phi) is 4.81. The van der Waals surface area contributed by atoms with Crippen LogP contribution >= 0.6 is 0 Å². The molecule has 1 aliphatic rings. The Morgan fingerprint density at radius 2 is 1.76 bits per heavy atom. The first kappa shape index (κ1) is 21.4. The van der Waals surface area contributed by atoms with Crippen LogP contribution in [0.15, 0.2) is 83.7 Å². The predicted molar refractivity (Wildman–Crippen MR) is 134 cm³/mol. The molecule has 37 heavy (non-hydrogen) atoms. The molecule has 2 aromatic carbocycles. The van der Waals surface area contributed by atoms with Crippen LogP contribution in [0.5, 0.6) is 17.5 Å². The summed E-state index contributed by atoms with van der Waals surface area (Å²) >= 11 is 0. The van der Waals surface area contributed by atoms with Gasteiger partial charge in [0.2, 0.25) is 11.8 Å². The maximum atomic E-state index is 6.41. The summed E-state index contributed by atoms with van der Waals surface area (Å²) in [6.45, 7) is 4.24. The molecule has 0 bridgehead atoms. The molecule has 9 nitrogen and oxygen atoms in total. The standard InChI is InChI=1S/C28H22N6O3/c1-17-10-12-20(13-11-17)36-15-22-30-26-25-24(21-9-6-14-35-21)23-18(2)31-34(19-7-4-3-5-8-19)28(23)37-27(25)29-16-33(26)32-22/h3-14,16,24H,15H2,1-2H3/t24-/m1/s1. The van der Waals surface area contributed by atoms with E-state index in [0.717, 1.165) is 34.0 Å². The normalized spacial score (nSPS) is 14.3. The summed E-state index contributed by atoms with van der Waals surface area (Å²) in [5, 5.41) is 9.43. The minimum atomic E-state index is -0.322. The number of rotatable bonds is 5. The summed E-state index contributed by atoms with van der Waals surface area (Å²) in [6, 6.07) is 21.6. The highest BCUT2D eigenvalue weighted by Gasteiger charge is 2.39. The van der Waals surface area contributed by atoms with E-state index in [0.29, 0.717) is 23.2 Å². The Bertz CT molecular complexity index is 1720. The van der Waals surface area contributed by atoms with Gasteiger partial charge in [0, 0.05) is 0 Å². The van der Waals surface area contributed by atoms with Crippen LogP contribution in [-0.2, 0) is 6.61 Å². The number of hydrogen-bond acceptors (Lipinski definition) is 7. The van der Waals surface area contributed by atoms with E-state index in [1.807, 2.05) is 80.6 Å². The summed E-state index contributed by atoms with van der Waals surface area (Å²) in [5.41, 5.74) is 5.20. The van der Waals surface area contributed by atoms with Crippen LogP contribution in [-0.4, -0.2) is 29.4 Å². The van der Waals surface area contributed by atoms with E-state index in [4.69, 9.17) is 24.0 Å². The second-order valence-electron chi connectivity index (χ2n) is 8.96. The summed E-state index contributed by atoms with van der Waals surface area (Å²) in [7, 11) is 0. The van der Waals surface area contributed by atoms with Gasteiger partial charge < -0.3 is 13.9 Å².